The molecular formula is C15H14F3N5O3S. The average Bonchev–Trinajstić information content (AvgIpc) is 3.38. The first-order valence-electron chi connectivity index (χ1n) is 7.58. The molecule has 27 heavy (non-hydrogen) atoms. The van der Waals surface area contributed by atoms with Gasteiger partial charge in [0.15, 0.2) is 0 Å². The minimum absolute atomic E-state index is 0.135. The van der Waals surface area contributed by atoms with Crippen molar-refractivity contribution in [3.8, 4) is 10.7 Å². The quantitative estimate of drug-likeness (QED) is 0.610. The molecule has 0 radical (unpaired) electrons. The summed E-state index contributed by atoms with van der Waals surface area (Å²) in [6.07, 6.45) is -1.71. The second-order valence-electron chi connectivity index (χ2n) is 5.49. The molecule has 0 spiro atoms. The van der Waals surface area contributed by atoms with E-state index in [0.717, 1.165) is 9.94 Å². The average molecular weight is 401 g/mol. The number of rotatable bonds is 5. The highest BCUT2D eigenvalue weighted by molar-refractivity contribution is 7.15. The molecule has 8 nitrogen and oxygen atoms in total. The molecule has 0 saturated heterocycles. The maximum absolute atomic E-state index is 12.6. The van der Waals surface area contributed by atoms with Gasteiger partial charge >= 0.3 is 12.1 Å². The summed E-state index contributed by atoms with van der Waals surface area (Å²) in [5, 5.41) is 8.62. The second-order valence-corrected chi connectivity index (χ2v) is 6.61. The van der Waals surface area contributed by atoms with E-state index in [1.165, 1.54) is 31.7 Å². The number of halogens is 3. The van der Waals surface area contributed by atoms with Crippen LogP contribution in [0, 0.1) is 0 Å². The summed E-state index contributed by atoms with van der Waals surface area (Å²) >= 11 is 1.21. The van der Waals surface area contributed by atoms with Crippen molar-refractivity contribution in [2.75, 3.05) is 14.2 Å². The van der Waals surface area contributed by atoms with Crippen molar-refractivity contribution in [3.63, 3.8) is 0 Å². The summed E-state index contributed by atoms with van der Waals surface area (Å²) in [5.74, 6) is -1.88. The molecular weight excluding hydrogens is 387 g/mol. The SMILES string of the molecule is CON(C)C(=O)c1cnn(C(C)c2ccc(-c3noc(C(F)(F)F)n3)s2)c1. The number of hydrogen-bond donors (Lipinski definition) is 0. The van der Waals surface area contributed by atoms with Crippen molar-refractivity contribution in [3.05, 3.63) is 40.9 Å². The Balaban J connectivity index is 1.79. The molecule has 3 aromatic rings. The number of carbonyl (C=O) groups excluding carboxylic acids is 1. The Labute approximate surface area is 155 Å². The van der Waals surface area contributed by atoms with E-state index < -0.39 is 12.1 Å². The van der Waals surface area contributed by atoms with E-state index in [0.29, 0.717) is 10.4 Å². The molecule has 0 N–H and O–H groups in total. The van der Waals surface area contributed by atoms with Crippen LogP contribution in [0.5, 0.6) is 0 Å². The summed E-state index contributed by atoms with van der Waals surface area (Å²) < 4.78 is 43.6. The topological polar surface area (TPSA) is 86.3 Å². The van der Waals surface area contributed by atoms with Crippen molar-refractivity contribution < 1.29 is 27.3 Å². The van der Waals surface area contributed by atoms with Gasteiger partial charge in [0.25, 0.3) is 5.91 Å². The number of alkyl halides is 3. The molecule has 1 atom stereocenters. The van der Waals surface area contributed by atoms with Crippen LogP contribution in [0.4, 0.5) is 13.2 Å². The lowest BCUT2D eigenvalue weighted by molar-refractivity contribution is -0.159. The van der Waals surface area contributed by atoms with Crippen LogP contribution in [0.15, 0.2) is 29.0 Å². The third-order valence-corrected chi connectivity index (χ3v) is 4.98. The molecule has 0 aliphatic rings. The van der Waals surface area contributed by atoms with Gasteiger partial charge in [-0.25, -0.2) is 5.06 Å². The Morgan fingerprint density at radius 1 is 1.41 bits per heavy atom. The molecule has 0 aromatic carbocycles. The summed E-state index contributed by atoms with van der Waals surface area (Å²) in [5.41, 5.74) is 0.343. The fourth-order valence-corrected chi connectivity index (χ4v) is 3.17. The Morgan fingerprint density at radius 3 is 2.78 bits per heavy atom. The minimum Gasteiger partial charge on any atom is -0.329 e. The first kappa shape index (κ1) is 19.0. The summed E-state index contributed by atoms with van der Waals surface area (Å²) in [7, 11) is 2.86. The molecule has 0 aliphatic carbocycles. The molecule has 12 heteroatoms. The van der Waals surface area contributed by atoms with E-state index in [2.05, 4.69) is 19.8 Å². The van der Waals surface area contributed by atoms with Gasteiger partial charge in [-0.15, -0.1) is 11.3 Å². The smallest absolute Gasteiger partial charge is 0.329 e. The summed E-state index contributed by atoms with van der Waals surface area (Å²) in [6, 6.07) is 3.08. The van der Waals surface area contributed by atoms with Crippen LogP contribution in [0.3, 0.4) is 0 Å². The van der Waals surface area contributed by atoms with Crippen molar-refractivity contribution in [1.29, 1.82) is 0 Å². The van der Waals surface area contributed by atoms with Crippen molar-refractivity contribution in [2.24, 2.45) is 0 Å². The van der Waals surface area contributed by atoms with Gasteiger partial charge in [-0.05, 0) is 19.1 Å². The molecule has 3 rings (SSSR count). The minimum atomic E-state index is -4.69. The van der Waals surface area contributed by atoms with Crippen molar-refractivity contribution in [2.45, 2.75) is 19.1 Å². The molecule has 144 valence electrons. The molecule has 1 unspecified atom stereocenters. The highest BCUT2D eigenvalue weighted by Gasteiger charge is 2.38. The molecule has 3 heterocycles. The highest BCUT2D eigenvalue weighted by Crippen LogP contribution is 2.34. The monoisotopic (exact) mass is 401 g/mol. The zero-order valence-electron chi connectivity index (χ0n) is 14.4. The van der Waals surface area contributed by atoms with Gasteiger partial charge in [0.05, 0.1) is 29.8 Å². The van der Waals surface area contributed by atoms with E-state index in [9.17, 15) is 18.0 Å². The van der Waals surface area contributed by atoms with Crippen LogP contribution in [-0.2, 0) is 11.0 Å². The van der Waals surface area contributed by atoms with Crippen LogP contribution in [0.2, 0.25) is 0 Å². The van der Waals surface area contributed by atoms with Crippen LogP contribution in [0.25, 0.3) is 10.7 Å². The number of hydroxylamine groups is 2. The van der Waals surface area contributed by atoms with Gasteiger partial charge in [-0.3, -0.25) is 14.3 Å². The summed E-state index contributed by atoms with van der Waals surface area (Å²) in [4.78, 5) is 21.5. The molecule has 0 saturated carbocycles. The predicted molar refractivity (Wildman–Crippen MR) is 87.8 cm³/mol. The zero-order valence-corrected chi connectivity index (χ0v) is 15.2. The first-order valence-corrected chi connectivity index (χ1v) is 8.39. The third kappa shape index (κ3) is 3.85. The predicted octanol–water partition coefficient (Wildman–Crippen LogP) is 3.26. The second kappa shape index (κ2) is 7.12. The number of carbonyl (C=O) groups is 1. The lowest BCUT2D eigenvalue weighted by Gasteiger charge is -2.12. The van der Waals surface area contributed by atoms with Crippen LogP contribution in [-0.4, -0.2) is 45.0 Å². The van der Waals surface area contributed by atoms with Gasteiger partial charge in [0.1, 0.15) is 0 Å². The Kier molecular flexibility index (Phi) is 5.02. The number of amides is 1. The first-order chi connectivity index (χ1) is 12.7. The fourth-order valence-electron chi connectivity index (χ4n) is 2.19. The van der Waals surface area contributed by atoms with E-state index in [-0.39, 0.29) is 17.8 Å². The maximum Gasteiger partial charge on any atom is 0.471 e. The molecule has 3 aromatic heterocycles. The molecule has 0 fully saturated rings. The van der Waals surface area contributed by atoms with E-state index in [1.807, 2.05) is 6.92 Å². The number of nitrogens with zero attached hydrogens (tertiary/aromatic N) is 5. The Morgan fingerprint density at radius 2 is 2.15 bits per heavy atom. The van der Waals surface area contributed by atoms with Gasteiger partial charge in [0.2, 0.25) is 5.82 Å². The zero-order chi connectivity index (χ0) is 19.8. The molecule has 0 bridgehead atoms. The Bertz CT molecular complexity index is 949. The third-order valence-electron chi connectivity index (χ3n) is 3.73. The van der Waals surface area contributed by atoms with E-state index >= 15 is 0 Å². The van der Waals surface area contributed by atoms with Gasteiger partial charge in [0, 0.05) is 18.1 Å². The number of hydrogen-bond acceptors (Lipinski definition) is 7. The van der Waals surface area contributed by atoms with E-state index in [1.54, 1.807) is 23.0 Å². The van der Waals surface area contributed by atoms with Crippen LogP contribution < -0.4 is 0 Å². The standard InChI is InChI=1S/C15H14F3N5O3S/c1-8(23-7-9(6-19-23)13(24)22(2)25-3)10-4-5-11(27-10)12-20-14(26-21-12)15(16,17)18/h4-8H,1-3H3. The number of thiophene rings is 1. The van der Waals surface area contributed by atoms with E-state index in [4.69, 9.17) is 4.84 Å². The van der Waals surface area contributed by atoms with Crippen LogP contribution >= 0.6 is 11.3 Å². The van der Waals surface area contributed by atoms with Crippen molar-refractivity contribution in [1.82, 2.24) is 25.0 Å². The van der Waals surface area contributed by atoms with Gasteiger partial charge < -0.3 is 4.52 Å². The fraction of sp³-hybridized carbons (Fsp3) is 0.333. The highest BCUT2D eigenvalue weighted by atomic mass is 32.1. The van der Waals surface area contributed by atoms with Crippen molar-refractivity contribution >= 4 is 17.2 Å². The molecule has 0 aliphatic heterocycles. The number of aromatic nitrogens is 4. The summed E-state index contributed by atoms with van der Waals surface area (Å²) in [6.45, 7) is 1.84. The van der Waals surface area contributed by atoms with Crippen LogP contribution in [0.1, 0.15) is 34.1 Å². The lowest BCUT2D eigenvalue weighted by Crippen LogP contribution is -2.25. The lowest BCUT2D eigenvalue weighted by atomic mass is 10.2. The molecule has 1 amide bonds. The Hall–Kier alpha value is -2.73. The maximum atomic E-state index is 12.6. The van der Waals surface area contributed by atoms with Gasteiger partial charge in [-0.2, -0.15) is 23.3 Å². The normalized spacial score (nSPS) is 13.0. The largest absolute Gasteiger partial charge is 0.471 e. The van der Waals surface area contributed by atoms with Gasteiger partial charge in [-0.1, -0.05) is 5.16 Å².